The normalized spacial score (nSPS) is 11.3. The van der Waals surface area contributed by atoms with Gasteiger partial charge in [0.15, 0.2) is 11.2 Å². The number of aliphatic carboxylic acids is 1. The van der Waals surface area contributed by atoms with Crippen LogP contribution in [0.2, 0.25) is 0 Å². The van der Waals surface area contributed by atoms with Crippen molar-refractivity contribution in [3.8, 4) is 11.1 Å². The Kier molecular flexibility index (Phi) is 4.58. The molecule has 0 aliphatic heterocycles. The van der Waals surface area contributed by atoms with E-state index < -0.39 is 11.5 Å². The molecule has 9 nitrogen and oxygen atoms in total. The SMILES string of the molecule is O=C(O)CCn1ccc2c(nnc3c(-c4ccc(CCO)cc4)cnn32)c1=O. The second-order valence-corrected chi connectivity index (χ2v) is 6.36. The van der Waals surface area contributed by atoms with Gasteiger partial charge in [-0.25, -0.2) is 4.52 Å². The summed E-state index contributed by atoms with van der Waals surface area (Å²) in [7, 11) is 0. The van der Waals surface area contributed by atoms with E-state index in [1.165, 1.54) is 4.57 Å². The summed E-state index contributed by atoms with van der Waals surface area (Å²) < 4.78 is 2.86. The molecule has 0 bridgehead atoms. The average molecular weight is 379 g/mol. The molecule has 9 heteroatoms. The topological polar surface area (TPSA) is 123 Å². The Hall–Kier alpha value is -3.59. The number of hydrogen-bond donors (Lipinski definition) is 2. The number of aromatic nitrogens is 5. The molecular formula is C19H17N5O4. The maximum absolute atomic E-state index is 12.6. The average Bonchev–Trinajstić information content (AvgIpc) is 3.13. The van der Waals surface area contributed by atoms with Crippen molar-refractivity contribution < 1.29 is 15.0 Å². The van der Waals surface area contributed by atoms with Crippen LogP contribution in [-0.4, -0.2) is 47.2 Å². The molecule has 0 saturated carbocycles. The minimum Gasteiger partial charge on any atom is -0.481 e. The Labute approximate surface area is 158 Å². The molecule has 0 aliphatic carbocycles. The zero-order valence-electron chi connectivity index (χ0n) is 14.8. The summed E-state index contributed by atoms with van der Waals surface area (Å²) in [5.74, 6) is -0.977. The van der Waals surface area contributed by atoms with Gasteiger partial charge in [-0.1, -0.05) is 24.3 Å². The monoisotopic (exact) mass is 379 g/mol. The number of benzene rings is 1. The van der Waals surface area contributed by atoms with Crippen LogP contribution in [0.5, 0.6) is 0 Å². The largest absolute Gasteiger partial charge is 0.481 e. The maximum atomic E-state index is 12.6. The summed E-state index contributed by atoms with van der Waals surface area (Å²) >= 11 is 0. The van der Waals surface area contributed by atoms with Crippen LogP contribution in [0.15, 0.2) is 47.5 Å². The van der Waals surface area contributed by atoms with Crippen LogP contribution in [0.25, 0.3) is 27.8 Å². The molecule has 0 fully saturated rings. The van der Waals surface area contributed by atoms with Crippen molar-refractivity contribution in [1.82, 2.24) is 24.4 Å². The van der Waals surface area contributed by atoms with E-state index in [-0.39, 0.29) is 25.1 Å². The highest BCUT2D eigenvalue weighted by Crippen LogP contribution is 2.24. The van der Waals surface area contributed by atoms with Gasteiger partial charge in [0.2, 0.25) is 0 Å². The van der Waals surface area contributed by atoms with Gasteiger partial charge >= 0.3 is 5.97 Å². The van der Waals surface area contributed by atoms with Crippen molar-refractivity contribution in [2.45, 2.75) is 19.4 Å². The van der Waals surface area contributed by atoms with Gasteiger partial charge < -0.3 is 14.8 Å². The van der Waals surface area contributed by atoms with E-state index in [1.807, 2.05) is 24.3 Å². The number of pyridine rings is 1. The molecule has 2 N–H and O–H groups in total. The fourth-order valence-electron chi connectivity index (χ4n) is 3.11. The molecule has 0 radical (unpaired) electrons. The van der Waals surface area contributed by atoms with Gasteiger partial charge in [0.05, 0.1) is 12.6 Å². The molecule has 1 aromatic carbocycles. The Morgan fingerprint density at radius 1 is 1.11 bits per heavy atom. The van der Waals surface area contributed by atoms with Crippen molar-refractivity contribution >= 4 is 22.6 Å². The summed E-state index contributed by atoms with van der Waals surface area (Å²) in [4.78, 5) is 23.3. The number of nitrogens with zero attached hydrogens (tertiary/aromatic N) is 5. The first-order valence-electron chi connectivity index (χ1n) is 8.74. The number of carbonyl (C=O) groups is 1. The summed E-state index contributed by atoms with van der Waals surface area (Å²) in [6.45, 7) is 0.159. The first-order chi connectivity index (χ1) is 13.6. The number of aliphatic hydroxyl groups is 1. The summed E-state index contributed by atoms with van der Waals surface area (Å²) in [6, 6.07) is 9.41. The third kappa shape index (κ3) is 3.12. The Balaban J connectivity index is 1.78. The van der Waals surface area contributed by atoms with Crippen molar-refractivity contribution in [2.24, 2.45) is 0 Å². The minimum atomic E-state index is -0.977. The lowest BCUT2D eigenvalue weighted by atomic mass is 10.1. The van der Waals surface area contributed by atoms with Gasteiger partial charge in [0.25, 0.3) is 5.56 Å². The highest BCUT2D eigenvalue weighted by atomic mass is 16.4. The van der Waals surface area contributed by atoms with Crippen molar-refractivity contribution in [3.63, 3.8) is 0 Å². The number of carboxylic acids is 1. The van der Waals surface area contributed by atoms with E-state index in [0.29, 0.717) is 17.6 Å². The molecule has 28 heavy (non-hydrogen) atoms. The van der Waals surface area contributed by atoms with Gasteiger partial charge in [-0.3, -0.25) is 9.59 Å². The van der Waals surface area contributed by atoms with Crippen molar-refractivity contribution in [2.75, 3.05) is 6.61 Å². The fourth-order valence-corrected chi connectivity index (χ4v) is 3.11. The molecule has 0 amide bonds. The molecule has 4 rings (SSSR count). The highest BCUT2D eigenvalue weighted by molar-refractivity contribution is 5.82. The van der Waals surface area contributed by atoms with Crippen molar-refractivity contribution in [3.05, 3.63) is 58.6 Å². The van der Waals surface area contributed by atoms with Gasteiger partial charge in [0.1, 0.15) is 5.52 Å². The minimum absolute atomic E-state index is 0.0639. The Morgan fingerprint density at radius 3 is 2.61 bits per heavy atom. The van der Waals surface area contributed by atoms with Crippen LogP contribution in [0.4, 0.5) is 0 Å². The van der Waals surface area contributed by atoms with Gasteiger partial charge in [0, 0.05) is 24.9 Å². The molecule has 4 aromatic rings. The summed E-state index contributed by atoms with van der Waals surface area (Å²) in [5, 5.41) is 30.5. The fraction of sp³-hybridized carbons (Fsp3) is 0.211. The summed E-state index contributed by atoms with van der Waals surface area (Å²) in [5.41, 5.74) is 3.46. The van der Waals surface area contributed by atoms with E-state index >= 15 is 0 Å². The molecule has 0 atom stereocenters. The number of hydrogen-bond acceptors (Lipinski definition) is 6. The van der Waals surface area contributed by atoms with E-state index in [4.69, 9.17) is 10.2 Å². The van der Waals surface area contributed by atoms with Crippen LogP contribution >= 0.6 is 0 Å². The lowest BCUT2D eigenvalue weighted by molar-refractivity contribution is -0.137. The number of rotatable bonds is 6. The number of aryl methyl sites for hydroxylation is 1. The third-order valence-corrected chi connectivity index (χ3v) is 4.57. The van der Waals surface area contributed by atoms with Crippen LogP contribution < -0.4 is 5.56 Å². The molecule has 0 aliphatic rings. The lowest BCUT2D eigenvalue weighted by Gasteiger charge is -2.06. The quantitative estimate of drug-likeness (QED) is 0.514. The number of fused-ring (bicyclic) bond motifs is 3. The highest BCUT2D eigenvalue weighted by Gasteiger charge is 2.14. The van der Waals surface area contributed by atoms with Crippen LogP contribution in [0.3, 0.4) is 0 Å². The molecule has 3 heterocycles. The lowest BCUT2D eigenvalue weighted by Crippen LogP contribution is -2.22. The zero-order chi connectivity index (χ0) is 19.7. The van der Waals surface area contributed by atoms with Gasteiger partial charge in [-0.15, -0.1) is 10.2 Å². The maximum Gasteiger partial charge on any atom is 0.305 e. The molecular weight excluding hydrogens is 362 g/mol. The second kappa shape index (κ2) is 7.20. The molecule has 0 unspecified atom stereocenters. The predicted molar refractivity (Wildman–Crippen MR) is 101 cm³/mol. The van der Waals surface area contributed by atoms with Crippen LogP contribution in [-0.2, 0) is 17.8 Å². The van der Waals surface area contributed by atoms with Crippen LogP contribution in [0.1, 0.15) is 12.0 Å². The first-order valence-corrected chi connectivity index (χ1v) is 8.74. The third-order valence-electron chi connectivity index (χ3n) is 4.57. The first kappa shape index (κ1) is 17.8. The van der Waals surface area contributed by atoms with E-state index in [9.17, 15) is 9.59 Å². The second-order valence-electron chi connectivity index (χ2n) is 6.36. The molecule has 142 valence electrons. The van der Waals surface area contributed by atoms with E-state index in [2.05, 4.69) is 15.3 Å². The number of carboxylic acid groups (broad SMARTS) is 1. The predicted octanol–water partition coefficient (Wildman–Crippen LogP) is 1.12. The van der Waals surface area contributed by atoms with E-state index in [0.717, 1.165) is 16.7 Å². The van der Waals surface area contributed by atoms with E-state index in [1.54, 1.807) is 23.0 Å². The number of aliphatic hydroxyl groups excluding tert-OH is 1. The summed E-state index contributed by atoms with van der Waals surface area (Å²) in [6.07, 6.45) is 3.65. The Morgan fingerprint density at radius 2 is 1.89 bits per heavy atom. The van der Waals surface area contributed by atoms with Crippen molar-refractivity contribution in [1.29, 1.82) is 0 Å². The standard InChI is InChI=1S/C19H17N5O4/c25-10-7-12-1-3-13(4-2-12)14-11-20-24-15-5-8-23(9-6-16(26)27)19(28)17(15)21-22-18(14)24/h1-5,8,11,25H,6-7,9-10H2,(H,26,27). The molecule has 3 aromatic heterocycles. The molecule has 0 saturated heterocycles. The zero-order valence-corrected chi connectivity index (χ0v) is 14.8. The van der Waals surface area contributed by atoms with Gasteiger partial charge in [-0.05, 0) is 23.6 Å². The van der Waals surface area contributed by atoms with Gasteiger partial charge in [-0.2, -0.15) is 5.10 Å². The molecule has 0 spiro atoms. The Bertz CT molecular complexity index is 1230. The van der Waals surface area contributed by atoms with Crippen LogP contribution in [0, 0.1) is 0 Å². The smallest absolute Gasteiger partial charge is 0.305 e.